The summed E-state index contributed by atoms with van der Waals surface area (Å²) in [6.45, 7) is 1.30. The van der Waals surface area contributed by atoms with Crippen LogP contribution in [0.15, 0.2) is 133 Å². The van der Waals surface area contributed by atoms with E-state index >= 15 is 0 Å². The molecule has 58 heavy (non-hydrogen) atoms. The monoisotopic (exact) mass is 805 g/mol. The number of ether oxygens (including phenoxy) is 2. The van der Waals surface area contributed by atoms with E-state index in [9.17, 15) is 28.2 Å². The molecule has 1 fully saturated rings. The Morgan fingerprint density at radius 3 is 1.98 bits per heavy atom. The highest BCUT2D eigenvalue weighted by Crippen LogP contribution is 2.36. The Kier molecular flexibility index (Phi) is 14.6. The SMILES string of the molecule is CS(=O)(=O)Nc1cc(OC[C@@H](O)CN(Cc2ccccc2)C2CCC(c3ccc(C(=O)N[C@@H](Cc4ccccc4)C(=O)O)cc3)CC2)ccc1OCc1ccccc1. The molecule has 304 valence electrons. The molecular weight excluding hydrogens is 755 g/mol. The lowest BCUT2D eigenvalue weighted by Gasteiger charge is -2.38. The van der Waals surface area contributed by atoms with Crippen LogP contribution in [-0.2, 0) is 34.4 Å². The summed E-state index contributed by atoms with van der Waals surface area (Å²) in [7, 11) is -3.61. The van der Waals surface area contributed by atoms with Crippen LogP contribution in [0.25, 0.3) is 0 Å². The molecule has 0 bridgehead atoms. The molecule has 11 nitrogen and oxygen atoms in total. The largest absolute Gasteiger partial charge is 0.491 e. The molecule has 0 heterocycles. The number of hydrogen-bond acceptors (Lipinski definition) is 8. The number of aliphatic carboxylic acids is 1. The van der Waals surface area contributed by atoms with Crippen LogP contribution in [0.3, 0.4) is 0 Å². The van der Waals surface area contributed by atoms with E-state index in [1.165, 1.54) is 0 Å². The predicted molar refractivity (Wildman–Crippen MR) is 225 cm³/mol. The van der Waals surface area contributed by atoms with Crippen molar-refractivity contribution in [1.82, 2.24) is 10.2 Å². The molecule has 1 saturated carbocycles. The van der Waals surface area contributed by atoms with E-state index in [0.29, 0.717) is 36.1 Å². The number of hydrogen-bond donors (Lipinski definition) is 4. The summed E-state index contributed by atoms with van der Waals surface area (Å²) in [6, 6.07) is 40.5. The Labute approximate surface area is 340 Å². The molecule has 2 atom stereocenters. The molecule has 6 rings (SSSR count). The number of nitrogens with zero attached hydrogens (tertiary/aromatic N) is 1. The van der Waals surface area contributed by atoms with Crippen LogP contribution in [-0.4, -0.2) is 73.0 Å². The average molecular weight is 806 g/mol. The van der Waals surface area contributed by atoms with E-state index in [0.717, 1.165) is 54.2 Å². The summed E-state index contributed by atoms with van der Waals surface area (Å²) in [6.07, 6.45) is 4.14. The van der Waals surface area contributed by atoms with E-state index < -0.39 is 34.0 Å². The number of sulfonamides is 1. The standard InChI is InChI=1S/C46H51N3O8S/c1-58(54,55)48-42-28-41(25-26-44(42)57-31-35-15-9-4-10-16-35)56-32-40(50)30-49(29-34-13-7-3-8-14-34)39-23-21-37(22-24-39)36-17-19-38(20-18-36)45(51)47-43(46(52)53)27-33-11-5-2-6-12-33/h2-20,25-26,28,37,39-40,43,48,50H,21-24,27,29-32H2,1H3,(H,47,51)(H,52,53)/t37?,39?,40-,43-/m0/s1. The van der Waals surface area contributed by atoms with Gasteiger partial charge < -0.3 is 25.0 Å². The van der Waals surface area contributed by atoms with Gasteiger partial charge in [-0.3, -0.25) is 14.4 Å². The van der Waals surface area contributed by atoms with E-state index in [1.807, 2.05) is 91.0 Å². The van der Waals surface area contributed by atoms with Gasteiger partial charge in [-0.15, -0.1) is 0 Å². The number of amides is 1. The Balaban J connectivity index is 1.05. The van der Waals surface area contributed by atoms with Gasteiger partial charge >= 0.3 is 5.97 Å². The van der Waals surface area contributed by atoms with Crippen molar-refractivity contribution >= 4 is 27.6 Å². The van der Waals surface area contributed by atoms with Crippen molar-refractivity contribution in [3.05, 3.63) is 161 Å². The fraction of sp³-hybridized carbons (Fsp3) is 0.304. The first-order chi connectivity index (χ1) is 28.0. The molecule has 0 aromatic heterocycles. The Morgan fingerprint density at radius 1 is 0.776 bits per heavy atom. The van der Waals surface area contributed by atoms with Crippen LogP contribution in [0.5, 0.6) is 11.5 Å². The topological polar surface area (TPSA) is 154 Å². The minimum atomic E-state index is -3.61. The van der Waals surface area contributed by atoms with E-state index in [4.69, 9.17) is 9.47 Å². The van der Waals surface area contributed by atoms with Crippen molar-refractivity contribution in [1.29, 1.82) is 0 Å². The summed E-state index contributed by atoms with van der Waals surface area (Å²) in [5.74, 6) is -0.449. The number of benzene rings is 5. The van der Waals surface area contributed by atoms with Crippen LogP contribution < -0.4 is 19.5 Å². The van der Waals surface area contributed by atoms with Gasteiger partial charge in [-0.2, -0.15) is 0 Å². The highest BCUT2D eigenvalue weighted by Gasteiger charge is 2.29. The first-order valence-corrected chi connectivity index (χ1v) is 21.4. The van der Waals surface area contributed by atoms with Gasteiger partial charge in [0.05, 0.1) is 11.9 Å². The zero-order valence-corrected chi connectivity index (χ0v) is 33.4. The third kappa shape index (κ3) is 12.7. The fourth-order valence-electron chi connectivity index (χ4n) is 7.39. The first-order valence-electron chi connectivity index (χ1n) is 19.5. The van der Waals surface area contributed by atoms with Gasteiger partial charge in [0.2, 0.25) is 10.0 Å². The molecule has 0 spiro atoms. The zero-order valence-electron chi connectivity index (χ0n) is 32.6. The van der Waals surface area contributed by atoms with Gasteiger partial charge in [0, 0.05) is 37.2 Å². The maximum Gasteiger partial charge on any atom is 0.326 e. The van der Waals surface area contributed by atoms with Crippen molar-refractivity contribution in [3.63, 3.8) is 0 Å². The second-order valence-electron chi connectivity index (χ2n) is 14.9. The molecule has 12 heteroatoms. The molecule has 4 N–H and O–H groups in total. The first kappa shape index (κ1) is 41.9. The second-order valence-corrected chi connectivity index (χ2v) is 16.6. The number of anilines is 1. The molecule has 0 unspecified atom stereocenters. The van der Waals surface area contributed by atoms with Crippen LogP contribution >= 0.6 is 0 Å². The predicted octanol–water partition coefficient (Wildman–Crippen LogP) is 7.03. The third-order valence-electron chi connectivity index (χ3n) is 10.3. The van der Waals surface area contributed by atoms with E-state index in [2.05, 4.69) is 27.1 Å². The molecule has 5 aromatic carbocycles. The maximum atomic E-state index is 13.0. The molecular formula is C46H51N3O8S. The Bertz CT molecular complexity index is 2180. The fourth-order valence-corrected chi connectivity index (χ4v) is 7.95. The Morgan fingerprint density at radius 2 is 1.38 bits per heavy atom. The average Bonchev–Trinajstić information content (AvgIpc) is 3.23. The number of nitrogens with one attached hydrogen (secondary N) is 2. The number of carbonyl (C=O) groups excluding carboxylic acids is 1. The summed E-state index contributed by atoms with van der Waals surface area (Å²) < 4.78 is 38.8. The third-order valence-corrected chi connectivity index (χ3v) is 10.9. The van der Waals surface area contributed by atoms with E-state index in [-0.39, 0.29) is 31.4 Å². The van der Waals surface area contributed by atoms with Crippen molar-refractivity contribution in [2.45, 2.75) is 69.4 Å². The minimum absolute atomic E-state index is 0.00254. The van der Waals surface area contributed by atoms with Gasteiger partial charge in [-0.25, -0.2) is 13.2 Å². The van der Waals surface area contributed by atoms with Crippen molar-refractivity contribution in [2.24, 2.45) is 0 Å². The smallest absolute Gasteiger partial charge is 0.326 e. The minimum Gasteiger partial charge on any atom is -0.491 e. The highest BCUT2D eigenvalue weighted by molar-refractivity contribution is 7.92. The van der Waals surface area contributed by atoms with Crippen LogP contribution in [0.1, 0.15) is 64.2 Å². The molecule has 1 aliphatic rings. The number of carbonyl (C=O) groups is 2. The van der Waals surface area contributed by atoms with Crippen LogP contribution in [0.4, 0.5) is 5.69 Å². The summed E-state index contributed by atoms with van der Waals surface area (Å²) in [5, 5.41) is 23.7. The van der Waals surface area contributed by atoms with Gasteiger partial charge in [-0.05, 0) is 78.1 Å². The molecule has 1 aliphatic carbocycles. The van der Waals surface area contributed by atoms with E-state index in [1.54, 1.807) is 30.3 Å². The molecule has 0 aliphatic heterocycles. The second kappa shape index (κ2) is 20.1. The van der Waals surface area contributed by atoms with Gasteiger partial charge in [0.25, 0.3) is 5.91 Å². The number of carboxylic acids is 1. The summed E-state index contributed by atoms with van der Waals surface area (Å²) in [5.41, 5.74) is 4.71. The van der Waals surface area contributed by atoms with Crippen molar-refractivity contribution in [2.75, 3.05) is 24.1 Å². The van der Waals surface area contributed by atoms with Crippen molar-refractivity contribution < 1.29 is 37.7 Å². The summed E-state index contributed by atoms with van der Waals surface area (Å²) in [4.78, 5) is 27.3. The quantitative estimate of drug-likeness (QED) is 0.0689. The van der Waals surface area contributed by atoms with Gasteiger partial charge in [0.15, 0.2) is 0 Å². The van der Waals surface area contributed by atoms with Gasteiger partial charge in [-0.1, -0.05) is 103 Å². The zero-order chi connectivity index (χ0) is 40.9. The lowest BCUT2D eigenvalue weighted by Crippen LogP contribution is -2.43. The van der Waals surface area contributed by atoms with Crippen LogP contribution in [0.2, 0.25) is 0 Å². The van der Waals surface area contributed by atoms with Crippen molar-refractivity contribution in [3.8, 4) is 11.5 Å². The highest BCUT2D eigenvalue weighted by atomic mass is 32.2. The normalized spacial score (nSPS) is 16.5. The molecule has 1 amide bonds. The number of rotatable bonds is 19. The molecule has 0 radical (unpaired) electrons. The lowest BCUT2D eigenvalue weighted by molar-refractivity contribution is -0.139. The lowest BCUT2D eigenvalue weighted by atomic mass is 9.81. The molecule has 0 saturated heterocycles. The molecule has 5 aromatic rings. The summed E-state index contributed by atoms with van der Waals surface area (Å²) >= 11 is 0. The number of aliphatic hydroxyl groups excluding tert-OH is 1. The Hall–Kier alpha value is -5.69. The number of aliphatic hydroxyl groups is 1. The maximum absolute atomic E-state index is 13.0. The van der Waals surface area contributed by atoms with Gasteiger partial charge in [0.1, 0.15) is 36.9 Å². The van der Waals surface area contributed by atoms with Crippen LogP contribution in [0, 0.1) is 0 Å². The number of carboxylic acid groups (broad SMARTS) is 1.